The molecule has 0 radical (unpaired) electrons. The summed E-state index contributed by atoms with van der Waals surface area (Å²) >= 11 is 0. The number of carbonyl (C=O) groups is 2. The maximum absolute atomic E-state index is 12.6. The number of para-hydroxylation sites is 1. The molecule has 3 aromatic rings. The Bertz CT molecular complexity index is 1210. The Hall–Kier alpha value is -3.39. The number of amides is 1. The molecule has 1 heterocycles. The third kappa shape index (κ3) is 5.45. The number of esters is 1. The number of benzene rings is 2. The van der Waals surface area contributed by atoms with Crippen molar-refractivity contribution in [1.82, 2.24) is 0 Å². The van der Waals surface area contributed by atoms with Crippen LogP contribution in [0, 0.1) is 6.92 Å². The summed E-state index contributed by atoms with van der Waals surface area (Å²) in [7, 11) is -3.68. The molecule has 2 aromatic carbocycles. The van der Waals surface area contributed by atoms with Crippen molar-refractivity contribution in [3.63, 3.8) is 0 Å². The average Bonchev–Trinajstić information content (AvgIpc) is 3.21. The first kappa shape index (κ1) is 23.3. The summed E-state index contributed by atoms with van der Waals surface area (Å²) in [5.74, 6) is -1.87. The van der Waals surface area contributed by atoms with E-state index in [4.69, 9.17) is 9.15 Å². The molecule has 0 unspecified atom stereocenters. The van der Waals surface area contributed by atoms with Crippen LogP contribution in [0.5, 0.6) is 0 Å². The molecule has 0 aliphatic carbocycles. The van der Waals surface area contributed by atoms with Crippen LogP contribution < -0.4 is 5.32 Å². The summed E-state index contributed by atoms with van der Waals surface area (Å²) < 4.78 is 35.4. The lowest BCUT2D eigenvalue weighted by Gasteiger charge is -2.16. The van der Waals surface area contributed by atoms with Crippen LogP contribution in [-0.2, 0) is 25.1 Å². The van der Waals surface area contributed by atoms with Gasteiger partial charge in [0.15, 0.2) is 16.4 Å². The zero-order valence-electron chi connectivity index (χ0n) is 18.1. The van der Waals surface area contributed by atoms with Crippen LogP contribution in [-0.4, -0.2) is 26.9 Å². The van der Waals surface area contributed by atoms with Crippen molar-refractivity contribution in [1.29, 1.82) is 0 Å². The van der Waals surface area contributed by atoms with Crippen molar-refractivity contribution >= 4 is 27.4 Å². The van der Waals surface area contributed by atoms with Gasteiger partial charge in [0.1, 0.15) is 0 Å². The zero-order chi connectivity index (χ0) is 23.3. The van der Waals surface area contributed by atoms with E-state index in [2.05, 4.69) is 5.32 Å². The molecule has 0 saturated heterocycles. The van der Waals surface area contributed by atoms with Crippen molar-refractivity contribution in [3.05, 3.63) is 83.3 Å². The molecule has 0 bridgehead atoms. The van der Waals surface area contributed by atoms with Crippen molar-refractivity contribution < 1.29 is 27.2 Å². The Kier molecular flexibility index (Phi) is 7.15. The molecule has 1 amide bonds. The van der Waals surface area contributed by atoms with E-state index >= 15 is 0 Å². The summed E-state index contributed by atoms with van der Waals surface area (Å²) in [4.78, 5) is 25.0. The Morgan fingerprint density at radius 1 is 1.03 bits per heavy atom. The van der Waals surface area contributed by atoms with Gasteiger partial charge in [0.2, 0.25) is 5.76 Å². The number of ether oxygens (including phenoxy) is 1. The first-order chi connectivity index (χ1) is 15.2. The summed E-state index contributed by atoms with van der Waals surface area (Å²) in [5.41, 5.74) is 2.73. The van der Waals surface area contributed by atoms with E-state index in [1.165, 1.54) is 24.5 Å². The van der Waals surface area contributed by atoms with Crippen LogP contribution in [0.15, 0.2) is 70.2 Å². The number of furan rings is 1. The van der Waals surface area contributed by atoms with Crippen LogP contribution in [0.4, 0.5) is 5.69 Å². The number of sulfone groups is 1. The largest absolute Gasteiger partial charge is 0.457 e. The number of nitrogens with one attached hydrogen (secondary N) is 1. The van der Waals surface area contributed by atoms with Gasteiger partial charge in [-0.25, -0.2) is 13.2 Å². The Balaban J connectivity index is 1.66. The molecule has 8 heteroatoms. The molecular weight excluding hydrogens is 430 g/mol. The lowest BCUT2D eigenvalue weighted by atomic mass is 9.98. The summed E-state index contributed by atoms with van der Waals surface area (Å²) in [5, 5.41) is 2.79. The molecule has 0 aliphatic rings. The molecule has 32 heavy (non-hydrogen) atoms. The predicted octanol–water partition coefficient (Wildman–Crippen LogP) is 4.48. The second-order valence-corrected chi connectivity index (χ2v) is 9.65. The Morgan fingerprint density at radius 3 is 2.44 bits per heavy atom. The van der Waals surface area contributed by atoms with E-state index < -0.39 is 34.1 Å². The molecule has 1 aromatic heterocycles. The van der Waals surface area contributed by atoms with Gasteiger partial charge < -0.3 is 14.5 Å². The van der Waals surface area contributed by atoms with Gasteiger partial charge >= 0.3 is 5.97 Å². The fourth-order valence-corrected chi connectivity index (χ4v) is 4.63. The van der Waals surface area contributed by atoms with E-state index in [1.54, 1.807) is 18.2 Å². The van der Waals surface area contributed by atoms with Crippen molar-refractivity contribution in [3.8, 4) is 0 Å². The topological polar surface area (TPSA) is 103 Å². The quantitative estimate of drug-likeness (QED) is 0.503. The van der Waals surface area contributed by atoms with Crippen molar-refractivity contribution in [2.24, 2.45) is 0 Å². The van der Waals surface area contributed by atoms with Crippen LogP contribution in [0.1, 0.15) is 47.0 Å². The third-order valence-electron chi connectivity index (χ3n) is 4.91. The molecule has 0 aliphatic heterocycles. The standard InChI is InChI=1S/C24H25NO6S/c1-16(2)20-11-7-8-17(3)22(20)25-21(26)14-31-24(27)23-18(12-13-30-23)15-32(28,29)19-9-5-4-6-10-19/h4-13,16H,14-15H2,1-3H3,(H,25,26). The second-order valence-electron chi connectivity index (χ2n) is 7.67. The number of anilines is 1. The molecule has 0 saturated carbocycles. The highest BCUT2D eigenvalue weighted by molar-refractivity contribution is 7.90. The number of carbonyl (C=O) groups excluding carboxylic acids is 2. The zero-order valence-corrected chi connectivity index (χ0v) is 18.9. The first-order valence-electron chi connectivity index (χ1n) is 10.1. The van der Waals surface area contributed by atoms with E-state index in [1.807, 2.05) is 39.0 Å². The predicted molar refractivity (Wildman–Crippen MR) is 120 cm³/mol. The van der Waals surface area contributed by atoms with Gasteiger partial charge in [-0.2, -0.15) is 0 Å². The molecule has 0 atom stereocenters. The maximum Gasteiger partial charge on any atom is 0.375 e. The molecule has 3 rings (SSSR count). The van der Waals surface area contributed by atoms with Gasteiger partial charge in [0, 0.05) is 11.3 Å². The number of hydrogen-bond donors (Lipinski definition) is 1. The summed E-state index contributed by atoms with van der Waals surface area (Å²) in [6, 6.07) is 15.1. The van der Waals surface area contributed by atoms with Crippen LogP contribution in [0.25, 0.3) is 0 Å². The molecule has 0 fully saturated rings. The summed E-state index contributed by atoms with van der Waals surface area (Å²) in [6.07, 6.45) is 1.22. The fourth-order valence-electron chi connectivity index (χ4n) is 3.26. The minimum atomic E-state index is -3.68. The van der Waals surface area contributed by atoms with Crippen molar-refractivity contribution in [2.45, 2.75) is 37.3 Å². The highest BCUT2D eigenvalue weighted by Crippen LogP contribution is 2.27. The monoisotopic (exact) mass is 455 g/mol. The Labute approximate surface area is 187 Å². The lowest BCUT2D eigenvalue weighted by molar-refractivity contribution is -0.119. The highest BCUT2D eigenvalue weighted by Gasteiger charge is 2.24. The van der Waals surface area contributed by atoms with Crippen molar-refractivity contribution in [2.75, 3.05) is 11.9 Å². The number of rotatable bonds is 8. The molecule has 1 N–H and O–H groups in total. The van der Waals surface area contributed by atoms with E-state index in [9.17, 15) is 18.0 Å². The lowest BCUT2D eigenvalue weighted by Crippen LogP contribution is -2.22. The SMILES string of the molecule is Cc1cccc(C(C)C)c1NC(=O)COC(=O)c1occc1CS(=O)(=O)c1ccccc1. The minimum absolute atomic E-state index is 0.138. The first-order valence-corrected chi connectivity index (χ1v) is 11.7. The smallest absolute Gasteiger partial charge is 0.375 e. The maximum atomic E-state index is 12.6. The van der Waals surface area contributed by atoms with E-state index in [0.717, 1.165) is 11.1 Å². The summed E-state index contributed by atoms with van der Waals surface area (Å²) in [6.45, 7) is 5.39. The molecule has 168 valence electrons. The van der Waals surface area contributed by atoms with E-state index in [0.29, 0.717) is 5.69 Å². The number of hydrogen-bond acceptors (Lipinski definition) is 6. The van der Waals surface area contributed by atoms with Gasteiger partial charge in [-0.05, 0) is 42.2 Å². The van der Waals surface area contributed by atoms with Gasteiger partial charge in [0.25, 0.3) is 5.91 Å². The van der Waals surface area contributed by atoms with Gasteiger partial charge in [0.05, 0.1) is 16.9 Å². The molecule has 0 spiro atoms. The van der Waals surface area contributed by atoms with E-state index in [-0.39, 0.29) is 22.1 Å². The average molecular weight is 456 g/mol. The third-order valence-corrected chi connectivity index (χ3v) is 6.59. The van der Waals surface area contributed by atoms with Crippen LogP contribution >= 0.6 is 0 Å². The van der Waals surface area contributed by atoms with Gasteiger partial charge in [-0.15, -0.1) is 0 Å². The van der Waals surface area contributed by atoms with Gasteiger partial charge in [-0.3, -0.25) is 4.79 Å². The minimum Gasteiger partial charge on any atom is -0.457 e. The van der Waals surface area contributed by atoms with Crippen LogP contribution in [0.3, 0.4) is 0 Å². The second kappa shape index (κ2) is 9.82. The molecule has 7 nitrogen and oxygen atoms in total. The number of aryl methyl sites for hydroxylation is 1. The Morgan fingerprint density at radius 2 is 1.75 bits per heavy atom. The van der Waals surface area contributed by atoms with Gasteiger partial charge in [-0.1, -0.05) is 50.2 Å². The fraction of sp³-hybridized carbons (Fsp3) is 0.250. The van der Waals surface area contributed by atoms with Crippen LogP contribution in [0.2, 0.25) is 0 Å². The normalized spacial score (nSPS) is 11.4. The highest BCUT2D eigenvalue weighted by atomic mass is 32.2. The molecular formula is C24H25NO6S.